The Balaban J connectivity index is 1.88. The maximum Gasteiger partial charge on any atom is 0.425 e. The summed E-state index contributed by atoms with van der Waals surface area (Å²) < 4.78 is 18.5. The van der Waals surface area contributed by atoms with Crippen LogP contribution in [0.25, 0.3) is 5.52 Å². The lowest BCUT2D eigenvalue weighted by Gasteiger charge is -2.34. The molecule has 2 aromatic heterocycles. The van der Waals surface area contributed by atoms with Gasteiger partial charge in [-0.05, 0) is 96.4 Å². The molecule has 0 unspecified atom stereocenters. The number of fused-ring (bicyclic) bond motifs is 1. The first-order chi connectivity index (χ1) is 21.8. The summed E-state index contributed by atoms with van der Waals surface area (Å²) in [5.41, 5.74) is 2.84. The minimum atomic E-state index is -0.620. The van der Waals surface area contributed by atoms with Crippen LogP contribution in [-0.2, 0) is 15.9 Å². The number of aromatic nitrogens is 2. The van der Waals surface area contributed by atoms with Gasteiger partial charge in [-0.2, -0.15) is 10.4 Å². The number of rotatable bonds is 10. The monoisotopic (exact) mass is 614 g/mol. The minimum absolute atomic E-state index is 0.158. The molecule has 238 valence electrons. The molecule has 45 heavy (non-hydrogen) atoms. The van der Waals surface area contributed by atoms with E-state index in [1.54, 1.807) is 78.9 Å². The van der Waals surface area contributed by atoms with Crippen LogP contribution in [-0.4, -0.2) is 52.4 Å². The van der Waals surface area contributed by atoms with Crippen LogP contribution in [0.3, 0.4) is 0 Å². The van der Waals surface area contributed by atoms with Gasteiger partial charge < -0.3 is 24.4 Å². The molecule has 0 radical (unpaired) electrons. The number of hydrogen-bond acceptors (Lipinski definition) is 8. The largest absolute Gasteiger partial charge is 0.494 e. The summed E-state index contributed by atoms with van der Waals surface area (Å²) in [5.74, 6) is 2.12. The van der Waals surface area contributed by atoms with Crippen molar-refractivity contribution in [3.05, 3.63) is 71.3 Å². The van der Waals surface area contributed by atoms with Crippen molar-refractivity contribution < 1.29 is 23.8 Å². The summed E-state index contributed by atoms with van der Waals surface area (Å²) >= 11 is 0. The number of allylic oxidation sites excluding steroid dienone is 4. The topological polar surface area (TPSA) is 121 Å². The summed E-state index contributed by atoms with van der Waals surface area (Å²) in [6.07, 6.45) is 6.86. The number of carbonyl (C=O) groups excluding carboxylic acids is 2. The Kier molecular flexibility index (Phi) is 11.1. The second-order valence-corrected chi connectivity index (χ2v) is 10.8. The van der Waals surface area contributed by atoms with Gasteiger partial charge in [-0.1, -0.05) is 13.3 Å². The molecule has 3 heterocycles. The number of ether oxygens (including phenoxy) is 3. The highest BCUT2D eigenvalue weighted by atomic mass is 16.6. The molecule has 2 amide bonds. The molecular formula is C34H42N6O5. The van der Waals surface area contributed by atoms with E-state index in [4.69, 9.17) is 14.2 Å². The molecule has 0 spiro atoms. The van der Waals surface area contributed by atoms with E-state index in [1.165, 1.54) is 4.90 Å². The number of pyridine rings is 1. The highest BCUT2D eigenvalue weighted by Gasteiger charge is 2.32. The summed E-state index contributed by atoms with van der Waals surface area (Å²) in [6.45, 7) is 12.5. The predicted octanol–water partition coefficient (Wildman–Crippen LogP) is 7.69. The number of benzene rings is 1. The van der Waals surface area contributed by atoms with E-state index in [9.17, 15) is 14.9 Å². The molecule has 11 nitrogen and oxygen atoms in total. The lowest BCUT2D eigenvalue weighted by atomic mass is 10.00. The average Bonchev–Trinajstić information content (AvgIpc) is 3.53. The van der Waals surface area contributed by atoms with Gasteiger partial charge in [0.15, 0.2) is 0 Å². The van der Waals surface area contributed by atoms with Crippen LogP contribution < -0.4 is 15.0 Å². The second-order valence-electron chi connectivity index (χ2n) is 10.8. The Morgan fingerprint density at radius 3 is 2.47 bits per heavy atom. The molecule has 1 aliphatic rings. The van der Waals surface area contributed by atoms with Gasteiger partial charge in [0.2, 0.25) is 0 Å². The molecule has 11 heteroatoms. The predicted molar refractivity (Wildman–Crippen MR) is 174 cm³/mol. The summed E-state index contributed by atoms with van der Waals surface area (Å²) in [5, 5.41) is 18.7. The van der Waals surface area contributed by atoms with Crippen molar-refractivity contribution in [1.29, 1.82) is 5.26 Å². The average molecular weight is 615 g/mol. The smallest absolute Gasteiger partial charge is 0.425 e. The van der Waals surface area contributed by atoms with Crippen LogP contribution in [0.5, 0.6) is 5.75 Å². The number of anilines is 3. The van der Waals surface area contributed by atoms with E-state index in [1.807, 2.05) is 20.8 Å². The number of nitrogens with zero attached hydrogens (tertiary/aromatic N) is 5. The zero-order valence-corrected chi connectivity index (χ0v) is 26.9. The van der Waals surface area contributed by atoms with Gasteiger partial charge in [0.25, 0.3) is 0 Å². The number of hydrogen-bond donors (Lipinski definition) is 1. The number of nitriles is 1. The number of carbonyl (C=O) groups is 2. The van der Waals surface area contributed by atoms with Crippen LogP contribution in [0, 0.1) is 11.3 Å². The number of likely N-dealkylation sites (tertiary alicyclic amines) is 1. The quantitative estimate of drug-likeness (QED) is 0.231. The lowest BCUT2D eigenvalue weighted by molar-refractivity contribution is 0.117. The Hall–Kier alpha value is -4.98. The van der Waals surface area contributed by atoms with E-state index >= 15 is 0 Å². The fraction of sp³-hybridized carbons (Fsp3) is 0.412. The van der Waals surface area contributed by atoms with Crippen LogP contribution in [0.2, 0.25) is 0 Å². The molecule has 1 fully saturated rings. The Morgan fingerprint density at radius 2 is 1.82 bits per heavy atom. The molecule has 1 N–H and O–H groups in total. The maximum absolute atomic E-state index is 14.0. The highest BCUT2D eigenvalue weighted by Crippen LogP contribution is 2.40. The molecule has 0 aliphatic carbocycles. The van der Waals surface area contributed by atoms with Crippen molar-refractivity contribution in [2.24, 2.45) is 0 Å². The van der Waals surface area contributed by atoms with Crippen molar-refractivity contribution >= 4 is 34.9 Å². The van der Waals surface area contributed by atoms with E-state index in [-0.39, 0.29) is 6.04 Å². The van der Waals surface area contributed by atoms with Gasteiger partial charge in [-0.25, -0.2) is 19.0 Å². The third-order valence-electron chi connectivity index (χ3n) is 7.67. The van der Waals surface area contributed by atoms with E-state index < -0.39 is 12.2 Å². The summed E-state index contributed by atoms with van der Waals surface area (Å²) in [7, 11) is 0. The molecule has 1 atom stereocenters. The molecule has 1 aliphatic heterocycles. The Labute approximate surface area is 264 Å². The van der Waals surface area contributed by atoms with Crippen molar-refractivity contribution in [2.45, 2.75) is 73.3 Å². The second kappa shape index (κ2) is 15.1. The van der Waals surface area contributed by atoms with E-state index in [0.717, 1.165) is 24.8 Å². The normalized spacial score (nSPS) is 15.4. The third-order valence-corrected chi connectivity index (χ3v) is 7.67. The van der Waals surface area contributed by atoms with Gasteiger partial charge in [-0.15, -0.1) is 0 Å². The highest BCUT2D eigenvalue weighted by molar-refractivity contribution is 5.99. The fourth-order valence-corrected chi connectivity index (χ4v) is 5.31. The number of amides is 2. The maximum atomic E-state index is 14.0. The standard InChI is InChI=1S/C34H42N6O5/c1-7-12-28-31(37-25-13-11-20-38(22-25)33(41)44-23(5)8-2)29(21-35)30-18-19-36-40(30)32(28)39(34(42)45-24(6)9-3)26-14-16-27(17-15-26)43-10-4/h8-9,14-19,25,37H,7,10-13,20,22H2,1-6H3/b23-8+,24-9+/t25-/m0/s1. The molecule has 1 aromatic carbocycles. The van der Waals surface area contributed by atoms with Gasteiger partial charge >= 0.3 is 12.2 Å². The Morgan fingerprint density at radius 1 is 1.11 bits per heavy atom. The van der Waals surface area contributed by atoms with Crippen molar-refractivity contribution in [2.75, 3.05) is 29.9 Å². The third kappa shape index (κ3) is 7.40. The van der Waals surface area contributed by atoms with Crippen molar-refractivity contribution in [1.82, 2.24) is 14.5 Å². The van der Waals surface area contributed by atoms with Crippen molar-refractivity contribution in [3.8, 4) is 11.8 Å². The first kappa shape index (κ1) is 32.9. The molecule has 4 rings (SSSR count). The van der Waals surface area contributed by atoms with Gasteiger partial charge in [0.1, 0.15) is 34.7 Å². The van der Waals surface area contributed by atoms with Gasteiger partial charge in [-0.3, -0.25) is 0 Å². The van der Waals surface area contributed by atoms with E-state index in [0.29, 0.717) is 71.7 Å². The Bertz CT molecular complexity index is 1620. The first-order valence-electron chi connectivity index (χ1n) is 15.4. The SMILES string of the molecule is C/C=C(\C)OC(=O)N1CCC[C@H](Nc2c(CCC)c(N(C(=O)O/C(C)=C/C)c3ccc(OCC)cc3)n3nccc3c2C#N)C1. The van der Waals surface area contributed by atoms with E-state index in [2.05, 4.69) is 16.5 Å². The summed E-state index contributed by atoms with van der Waals surface area (Å²) in [6, 6.07) is 11.2. The molecule has 1 saturated heterocycles. The van der Waals surface area contributed by atoms with Crippen molar-refractivity contribution in [3.63, 3.8) is 0 Å². The lowest BCUT2D eigenvalue weighted by Crippen LogP contribution is -2.45. The molecule has 3 aromatic rings. The van der Waals surface area contributed by atoms with Crippen LogP contribution in [0.15, 0.2) is 60.2 Å². The fourth-order valence-electron chi connectivity index (χ4n) is 5.31. The van der Waals surface area contributed by atoms with Crippen LogP contribution in [0.4, 0.5) is 26.8 Å². The van der Waals surface area contributed by atoms with Gasteiger partial charge in [0.05, 0.1) is 29.7 Å². The van der Waals surface area contributed by atoms with Crippen LogP contribution >= 0.6 is 0 Å². The van der Waals surface area contributed by atoms with Gasteiger partial charge in [0, 0.05) is 24.7 Å². The molecular weight excluding hydrogens is 572 g/mol. The number of nitrogens with one attached hydrogen (secondary N) is 1. The molecule has 0 bridgehead atoms. The zero-order chi connectivity index (χ0) is 32.5. The summed E-state index contributed by atoms with van der Waals surface area (Å²) in [4.78, 5) is 30.0. The number of piperidine rings is 1. The van der Waals surface area contributed by atoms with Crippen LogP contribution in [0.1, 0.15) is 71.9 Å². The first-order valence-corrected chi connectivity index (χ1v) is 15.4. The minimum Gasteiger partial charge on any atom is -0.494 e. The zero-order valence-electron chi connectivity index (χ0n) is 26.9. The molecule has 0 saturated carbocycles.